The fourth-order valence-electron chi connectivity index (χ4n) is 2.26. The second-order valence-corrected chi connectivity index (χ2v) is 5.50. The highest BCUT2D eigenvalue weighted by molar-refractivity contribution is 6.09. The molecule has 2 rings (SSSR count). The van der Waals surface area contributed by atoms with Gasteiger partial charge in [-0.15, -0.1) is 0 Å². The van der Waals surface area contributed by atoms with E-state index < -0.39 is 0 Å². The zero-order valence-corrected chi connectivity index (χ0v) is 13.2. The minimum atomic E-state index is -0.381. The Morgan fingerprint density at radius 1 is 1.22 bits per heavy atom. The first kappa shape index (κ1) is 16.7. The van der Waals surface area contributed by atoms with Crippen LogP contribution < -0.4 is 5.32 Å². The van der Waals surface area contributed by atoms with Gasteiger partial charge in [0.15, 0.2) is 0 Å². The van der Waals surface area contributed by atoms with Gasteiger partial charge in [-0.3, -0.25) is 24.1 Å². The molecule has 0 radical (unpaired) electrons. The van der Waals surface area contributed by atoms with E-state index >= 15 is 0 Å². The van der Waals surface area contributed by atoms with E-state index in [-0.39, 0.29) is 49.6 Å². The minimum Gasteiger partial charge on any atom is -0.347 e. The topological polar surface area (TPSA) is 86.8 Å². The average Bonchev–Trinajstić information content (AvgIpc) is 2.52. The summed E-state index contributed by atoms with van der Waals surface area (Å²) in [7, 11) is 3.19. The number of nitrogens with one attached hydrogen (secondary N) is 1. The number of amides is 4. The molecule has 1 aliphatic heterocycles. The van der Waals surface area contributed by atoms with E-state index in [9.17, 15) is 19.2 Å². The first-order valence-corrected chi connectivity index (χ1v) is 7.29. The second-order valence-electron chi connectivity index (χ2n) is 5.50. The lowest BCUT2D eigenvalue weighted by molar-refractivity contribution is -0.132. The van der Waals surface area contributed by atoms with E-state index in [2.05, 4.69) is 5.32 Å². The van der Waals surface area contributed by atoms with Crippen molar-refractivity contribution >= 4 is 23.6 Å². The number of hydrogen-bond acceptors (Lipinski definition) is 4. The summed E-state index contributed by atoms with van der Waals surface area (Å²) in [6, 6.07) is 6.95. The maximum Gasteiger partial charge on any atom is 0.260 e. The van der Waals surface area contributed by atoms with Gasteiger partial charge in [0.1, 0.15) is 0 Å². The lowest BCUT2D eigenvalue weighted by atomic mass is 9.98. The maximum atomic E-state index is 12.3. The van der Waals surface area contributed by atoms with Gasteiger partial charge in [-0.05, 0) is 11.6 Å². The van der Waals surface area contributed by atoms with Crippen molar-refractivity contribution in [3.63, 3.8) is 0 Å². The highest BCUT2D eigenvalue weighted by Crippen LogP contribution is 2.19. The summed E-state index contributed by atoms with van der Waals surface area (Å²) in [6.45, 7) is -0.0927. The molecule has 0 aromatic heterocycles. The Labute approximate surface area is 134 Å². The van der Waals surface area contributed by atoms with E-state index in [1.807, 2.05) is 0 Å². The molecule has 0 bridgehead atoms. The fourth-order valence-corrected chi connectivity index (χ4v) is 2.26. The van der Waals surface area contributed by atoms with Gasteiger partial charge in [-0.25, -0.2) is 0 Å². The fraction of sp³-hybridized carbons (Fsp3) is 0.375. The van der Waals surface area contributed by atoms with Crippen molar-refractivity contribution in [2.24, 2.45) is 0 Å². The Kier molecular flexibility index (Phi) is 5.10. The lowest BCUT2D eigenvalue weighted by Gasteiger charge is -2.26. The predicted molar refractivity (Wildman–Crippen MR) is 82.5 cm³/mol. The summed E-state index contributed by atoms with van der Waals surface area (Å²) in [5, 5.41) is 2.47. The van der Waals surface area contributed by atoms with Crippen molar-refractivity contribution in [2.45, 2.75) is 12.8 Å². The van der Waals surface area contributed by atoms with Crippen molar-refractivity contribution in [2.75, 3.05) is 27.2 Å². The Bertz CT molecular complexity index is 654. The van der Waals surface area contributed by atoms with Crippen molar-refractivity contribution < 1.29 is 19.2 Å². The van der Waals surface area contributed by atoms with Gasteiger partial charge >= 0.3 is 0 Å². The van der Waals surface area contributed by atoms with Gasteiger partial charge in [0.25, 0.3) is 5.91 Å². The maximum absolute atomic E-state index is 12.3. The van der Waals surface area contributed by atoms with Crippen LogP contribution in [0.2, 0.25) is 0 Å². The third-order valence-corrected chi connectivity index (χ3v) is 3.63. The first-order chi connectivity index (χ1) is 10.9. The van der Waals surface area contributed by atoms with Crippen LogP contribution in [0, 0.1) is 0 Å². The second kappa shape index (κ2) is 7.04. The van der Waals surface area contributed by atoms with Crippen LogP contribution in [0.25, 0.3) is 0 Å². The smallest absolute Gasteiger partial charge is 0.260 e. The molecule has 7 heteroatoms. The molecule has 4 amide bonds. The van der Waals surface area contributed by atoms with E-state index in [1.165, 1.54) is 4.90 Å². The molecule has 1 N–H and O–H groups in total. The molecule has 1 aliphatic rings. The molecule has 0 atom stereocenters. The number of hydrogen-bond donors (Lipinski definition) is 1. The molecule has 0 saturated carbocycles. The van der Waals surface area contributed by atoms with Crippen molar-refractivity contribution in [3.05, 3.63) is 35.4 Å². The molecule has 1 aromatic rings. The van der Waals surface area contributed by atoms with E-state index in [0.717, 1.165) is 4.90 Å². The SMILES string of the molecule is CN(C)C(=O)CNC(=O)CCN1C(=O)Cc2ccccc2C1=O. The van der Waals surface area contributed by atoms with Crippen LogP contribution >= 0.6 is 0 Å². The number of imide groups is 1. The summed E-state index contributed by atoms with van der Waals surface area (Å²) < 4.78 is 0. The van der Waals surface area contributed by atoms with E-state index in [0.29, 0.717) is 11.1 Å². The van der Waals surface area contributed by atoms with Crippen molar-refractivity contribution in [1.82, 2.24) is 15.1 Å². The third-order valence-electron chi connectivity index (χ3n) is 3.63. The summed E-state index contributed by atoms with van der Waals surface area (Å²) in [5.41, 5.74) is 1.20. The molecule has 0 spiro atoms. The third kappa shape index (κ3) is 3.94. The summed E-state index contributed by atoms with van der Waals surface area (Å²) >= 11 is 0. The Hall–Kier alpha value is -2.70. The monoisotopic (exact) mass is 317 g/mol. The average molecular weight is 317 g/mol. The molecule has 7 nitrogen and oxygen atoms in total. The number of carbonyl (C=O) groups is 4. The normalized spacial score (nSPS) is 13.6. The first-order valence-electron chi connectivity index (χ1n) is 7.29. The minimum absolute atomic E-state index is 0.00793. The number of nitrogens with zero attached hydrogens (tertiary/aromatic N) is 2. The number of rotatable bonds is 5. The van der Waals surface area contributed by atoms with Gasteiger partial charge in [0.2, 0.25) is 17.7 Å². The van der Waals surface area contributed by atoms with Gasteiger partial charge < -0.3 is 10.2 Å². The van der Waals surface area contributed by atoms with Gasteiger partial charge in [0, 0.05) is 32.6 Å². The standard InChI is InChI=1S/C16H19N3O4/c1-18(2)15(22)10-17-13(20)7-8-19-14(21)9-11-5-3-4-6-12(11)16(19)23/h3-6H,7-10H2,1-2H3,(H,17,20). The summed E-state index contributed by atoms with van der Waals surface area (Å²) in [4.78, 5) is 49.9. The van der Waals surface area contributed by atoms with E-state index in [4.69, 9.17) is 0 Å². The van der Waals surface area contributed by atoms with Crippen LogP contribution in [-0.4, -0.2) is 60.6 Å². The molecule has 0 unspecified atom stereocenters. The number of fused-ring (bicyclic) bond motifs is 1. The van der Waals surface area contributed by atoms with Crippen LogP contribution in [0.3, 0.4) is 0 Å². The summed E-state index contributed by atoms with van der Waals surface area (Å²) in [6.07, 6.45) is 0.128. The summed E-state index contributed by atoms with van der Waals surface area (Å²) in [5.74, 6) is -1.29. The highest BCUT2D eigenvalue weighted by Gasteiger charge is 2.30. The zero-order chi connectivity index (χ0) is 17.0. The van der Waals surface area contributed by atoms with Crippen LogP contribution in [0.1, 0.15) is 22.3 Å². The molecule has 23 heavy (non-hydrogen) atoms. The Morgan fingerprint density at radius 3 is 2.61 bits per heavy atom. The molecule has 1 aromatic carbocycles. The Morgan fingerprint density at radius 2 is 1.91 bits per heavy atom. The zero-order valence-electron chi connectivity index (χ0n) is 13.2. The predicted octanol–water partition coefficient (Wildman–Crippen LogP) is -0.194. The molecule has 1 heterocycles. The molecular weight excluding hydrogens is 298 g/mol. The molecule has 122 valence electrons. The highest BCUT2D eigenvalue weighted by atomic mass is 16.2. The number of carbonyl (C=O) groups excluding carboxylic acids is 4. The quantitative estimate of drug-likeness (QED) is 0.762. The van der Waals surface area contributed by atoms with Gasteiger partial charge in [-0.1, -0.05) is 18.2 Å². The van der Waals surface area contributed by atoms with Gasteiger partial charge in [0.05, 0.1) is 13.0 Å². The Balaban J connectivity index is 1.91. The largest absolute Gasteiger partial charge is 0.347 e. The van der Waals surface area contributed by atoms with E-state index in [1.54, 1.807) is 38.4 Å². The molecule has 0 aliphatic carbocycles. The number of benzene rings is 1. The van der Waals surface area contributed by atoms with Crippen LogP contribution in [0.4, 0.5) is 0 Å². The number of likely N-dealkylation sites (N-methyl/N-ethyl adjacent to an activating group) is 1. The van der Waals surface area contributed by atoms with Crippen LogP contribution in [-0.2, 0) is 20.8 Å². The van der Waals surface area contributed by atoms with Crippen molar-refractivity contribution in [3.8, 4) is 0 Å². The van der Waals surface area contributed by atoms with Crippen LogP contribution in [0.15, 0.2) is 24.3 Å². The van der Waals surface area contributed by atoms with Crippen LogP contribution in [0.5, 0.6) is 0 Å². The van der Waals surface area contributed by atoms with Crippen molar-refractivity contribution in [1.29, 1.82) is 0 Å². The van der Waals surface area contributed by atoms with Gasteiger partial charge in [-0.2, -0.15) is 0 Å². The molecular formula is C16H19N3O4. The molecule has 0 saturated heterocycles. The lowest BCUT2D eigenvalue weighted by Crippen LogP contribution is -2.44. The molecule has 0 fully saturated rings.